The molecule has 5 heteroatoms. The number of rotatable bonds is 3. The summed E-state index contributed by atoms with van der Waals surface area (Å²) in [6.07, 6.45) is 0. The Bertz CT molecular complexity index is 733. The molecule has 0 atom stereocenters. The van der Waals surface area contributed by atoms with Crippen LogP contribution in [-0.2, 0) is 0 Å². The van der Waals surface area contributed by atoms with Gasteiger partial charge in [0, 0.05) is 11.3 Å². The first kappa shape index (κ1) is 14.4. The lowest BCUT2D eigenvalue weighted by molar-refractivity contribution is 0.102. The van der Waals surface area contributed by atoms with Crippen molar-refractivity contribution in [2.24, 2.45) is 0 Å². The predicted octanol–water partition coefficient (Wildman–Crippen LogP) is 2.71. The molecule has 0 saturated carbocycles. The third kappa shape index (κ3) is 2.95. The van der Waals surface area contributed by atoms with E-state index in [0.29, 0.717) is 28.3 Å². The lowest BCUT2D eigenvalue weighted by Gasteiger charge is -2.13. The van der Waals surface area contributed by atoms with Crippen LogP contribution in [0, 0.1) is 18.3 Å². The second-order valence-corrected chi connectivity index (χ2v) is 4.52. The van der Waals surface area contributed by atoms with Crippen molar-refractivity contribution in [3.05, 3.63) is 53.1 Å². The number of amides is 1. The van der Waals surface area contributed by atoms with E-state index in [4.69, 9.17) is 15.7 Å². The van der Waals surface area contributed by atoms with E-state index in [0.717, 1.165) is 5.56 Å². The fraction of sp³-hybridized carbons (Fsp3) is 0.125. The van der Waals surface area contributed by atoms with E-state index in [9.17, 15) is 4.79 Å². The molecule has 0 radical (unpaired) electrons. The first-order valence-corrected chi connectivity index (χ1v) is 6.31. The zero-order valence-corrected chi connectivity index (χ0v) is 11.8. The van der Waals surface area contributed by atoms with Gasteiger partial charge in [0.1, 0.15) is 17.5 Å². The molecule has 0 aliphatic heterocycles. The third-order valence-corrected chi connectivity index (χ3v) is 3.10. The summed E-state index contributed by atoms with van der Waals surface area (Å²) in [5.74, 6) is 0.129. The van der Waals surface area contributed by atoms with E-state index in [2.05, 4.69) is 5.32 Å². The van der Waals surface area contributed by atoms with Crippen molar-refractivity contribution in [1.82, 2.24) is 0 Å². The molecule has 106 valence electrons. The molecule has 5 nitrogen and oxygen atoms in total. The molecule has 2 rings (SSSR count). The number of aryl methyl sites for hydroxylation is 1. The van der Waals surface area contributed by atoms with Crippen LogP contribution in [0.1, 0.15) is 21.5 Å². The molecule has 1 amide bonds. The van der Waals surface area contributed by atoms with Gasteiger partial charge in [0.15, 0.2) is 0 Å². The zero-order chi connectivity index (χ0) is 15.4. The lowest BCUT2D eigenvalue weighted by atomic mass is 10.1. The number of nitrogens with two attached hydrogens (primary N) is 1. The Morgan fingerprint density at radius 3 is 2.71 bits per heavy atom. The Labute approximate surface area is 123 Å². The Morgan fingerprint density at radius 2 is 2.10 bits per heavy atom. The number of benzene rings is 2. The van der Waals surface area contributed by atoms with Crippen molar-refractivity contribution in [3.63, 3.8) is 0 Å². The summed E-state index contributed by atoms with van der Waals surface area (Å²) in [5, 5.41) is 11.9. The van der Waals surface area contributed by atoms with Crippen LogP contribution in [-0.4, -0.2) is 13.0 Å². The van der Waals surface area contributed by atoms with Gasteiger partial charge < -0.3 is 15.8 Å². The molecule has 0 spiro atoms. The van der Waals surface area contributed by atoms with Crippen molar-refractivity contribution < 1.29 is 9.53 Å². The molecule has 0 saturated heterocycles. The number of nitrogen functional groups attached to an aromatic ring is 1. The highest BCUT2D eigenvalue weighted by atomic mass is 16.5. The number of para-hydroxylation sites is 1. The molecular formula is C16H15N3O2. The average molecular weight is 281 g/mol. The van der Waals surface area contributed by atoms with Crippen molar-refractivity contribution in [2.75, 3.05) is 18.2 Å². The largest absolute Gasteiger partial charge is 0.495 e. The summed E-state index contributed by atoms with van der Waals surface area (Å²) in [5.41, 5.74) is 8.24. The number of anilines is 2. The van der Waals surface area contributed by atoms with Gasteiger partial charge in [-0.3, -0.25) is 4.79 Å². The highest BCUT2D eigenvalue weighted by Gasteiger charge is 2.15. The van der Waals surface area contributed by atoms with Gasteiger partial charge in [0.05, 0.1) is 12.7 Å². The molecule has 3 N–H and O–H groups in total. The Morgan fingerprint density at radius 1 is 1.33 bits per heavy atom. The minimum Gasteiger partial charge on any atom is -0.495 e. The van der Waals surface area contributed by atoms with Gasteiger partial charge in [-0.1, -0.05) is 6.07 Å². The maximum Gasteiger partial charge on any atom is 0.256 e. The molecule has 0 heterocycles. The maximum atomic E-state index is 12.4. The number of ether oxygens (including phenoxy) is 1. The third-order valence-electron chi connectivity index (χ3n) is 3.10. The number of nitriles is 1. The van der Waals surface area contributed by atoms with Crippen LogP contribution in [0.3, 0.4) is 0 Å². The summed E-state index contributed by atoms with van der Waals surface area (Å²) in [7, 11) is 1.49. The Kier molecular flexibility index (Phi) is 4.10. The first-order valence-electron chi connectivity index (χ1n) is 6.31. The fourth-order valence-electron chi connectivity index (χ4n) is 2.05. The van der Waals surface area contributed by atoms with Gasteiger partial charge in [0.25, 0.3) is 5.91 Å². The van der Waals surface area contributed by atoms with Crippen LogP contribution < -0.4 is 15.8 Å². The van der Waals surface area contributed by atoms with Crippen molar-refractivity contribution in [2.45, 2.75) is 6.92 Å². The number of hydrogen-bond donors (Lipinski definition) is 2. The van der Waals surface area contributed by atoms with E-state index < -0.39 is 0 Å². The van der Waals surface area contributed by atoms with Crippen LogP contribution in [0.2, 0.25) is 0 Å². The molecular weight excluding hydrogens is 266 g/mol. The molecule has 2 aromatic rings. The van der Waals surface area contributed by atoms with Crippen molar-refractivity contribution >= 4 is 17.3 Å². The Hall–Kier alpha value is -3.00. The van der Waals surface area contributed by atoms with Gasteiger partial charge in [-0.15, -0.1) is 0 Å². The van der Waals surface area contributed by atoms with E-state index >= 15 is 0 Å². The molecule has 0 unspecified atom stereocenters. The SMILES string of the molecule is COc1cccc(C#N)c1NC(=O)c1ccc(N)cc1C. The fourth-order valence-corrected chi connectivity index (χ4v) is 2.05. The maximum absolute atomic E-state index is 12.4. The van der Waals surface area contributed by atoms with Gasteiger partial charge in [0.2, 0.25) is 0 Å². The van der Waals surface area contributed by atoms with Crippen LogP contribution >= 0.6 is 0 Å². The molecule has 21 heavy (non-hydrogen) atoms. The molecule has 0 aromatic heterocycles. The number of nitrogens with one attached hydrogen (secondary N) is 1. The number of carbonyl (C=O) groups excluding carboxylic acids is 1. The van der Waals surface area contributed by atoms with E-state index in [1.807, 2.05) is 6.07 Å². The molecule has 2 aromatic carbocycles. The van der Waals surface area contributed by atoms with Crippen LogP contribution in [0.4, 0.5) is 11.4 Å². The minimum absolute atomic E-state index is 0.312. The minimum atomic E-state index is -0.312. The highest BCUT2D eigenvalue weighted by molar-refractivity contribution is 6.06. The summed E-state index contributed by atoms with van der Waals surface area (Å²) >= 11 is 0. The lowest BCUT2D eigenvalue weighted by Crippen LogP contribution is -2.15. The first-order chi connectivity index (χ1) is 10.1. The summed E-state index contributed by atoms with van der Waals surface area (Å²) < 4.78 is 5.19. The molecule has 0 fully saturated rings. The molecule has 0 aliphatic rings. The van der Waals surface area contributed by atoms with E-state index in [1.165, 1.54) is 7.11 Å². The van der Waals surface area contributed by atoms with Gasteiger partial charge in [-0.2, -0.15) is 5.26 Å². The summed E-state index contributed by atoms with van der Waals surface area (Å²) in [4.78, 5) is 12.4. The van der Waals surface area contributed by atoms with E-state index in [1.54, 1.807) is 43.3 Å². The van der Waals surface area contributed by atoms with Gasteiger partial charge in [-0.05, 0) is 42.8 Å². The second-order valence-electron chi connectivity index (χ2n) is 4.52. The highest BCUT2D eigenvalue weighted by Crippen LogP contribution is 2.28. The van der Waals surface area contributed by atoms with E-state index in [-0.39, 0.29) is 5.91 Å². The predicted molar refractivity (Wildman–Crippen MR) is 81.3 cm³/mol. The monoisotopic (exact) mass is 281 g/mol. The number of nitrogens with zero attached hydrogens (tertiary/aromatic N) is 1. The van der Waals surface area contributed by atoms with Crippen molar-refractivity contribution in [3.8, 4) is 11.8 Å². The van der Waals surface area contributed by atoms with Gasteiger partial charge >= 0.3 is 0 Å². The smallest absolute Gasteiger partial charge is 0.256 e. The normalized spacial score (nSPS) is 9.76. The molecule has 0 bridgehead atoms. The van der Waals surface area contributed by atoms with Crippen LogP contribution in [0.5, 0.6) is 5.75 Å². The topological polar surface area (TPSA) is 88.1 Å². The molecule has 0 aliphatic carbocycles. The van der Waals surface area contributed by atoms with Gasteiger partial charge in [-0.25, -0.2) is 0 Å². The number of hydrogen-bond acceptors (Lipinski definition) is 4. The van der Waals surface area contributed by atoms with Crippen LogP contribution in [0.25, 0.3) is 0 Å². The quantitative estimate of drug-likeness (QED) is 0.847. The second kappa shape index (κ2) is 5.97. The Balaban J connectivity index is 2.38. The zero-order valence-electron chi connectivity index (χ0n) is 11.8. The summed E-state index contributed by atoms with van der Waals surface area (Å²) in [6, 6.07) is 12.1. The average Bonchev–Trinajstić information content (AvgIpc) is 2.47. The number of carbonyl (C=O) groups is 1. The van der Waals surface area contributed by atoms with Crippen LogP contribution in [0.15, 0.2) is 36.4 Å². The van der Waals surface area contributed by atoms with Crippen molar-refractivity contribution in [1.29, 1.82) is 5.26 Å². The summed E-state index contributed by atoms with van der Waals surface area (Å²) in [6.45, 7) is 1.80. The standard InChI is InChI=1S/C16H15N3O2/c1-10-8-12(18)6-7-13(10)16(20)19-15-11(9-17)4-3-5-14(15)21-2/h3-8H,18H2,1-2H3,(H,19,20). The number of methoxy groups -OCH3 is 1.